The average molecular weight is 347 g/mol. The highest BCUT2D eigenvalue weighted by Crippen LogP contribution is 2.22. The molecule has 0 bridgehead atoms. The van der Waals surface area contributed by atoms with E-state index in [4.69, 9.17) is 5.11 Å². The SMILES string of the molecule is CC(C)C[C@H](NC(=O)Nc1cc(F)ccc1Br)C(=O)O. The van der Waals surface area contributed by atoms with Crippen LogP contribution in [0.4, 0.5) is 14.9 Å². The van der Waals surface area contributed by atoms with Crippen LogP contribution in [0.3, 0.4) is 0 Å². The third-order valence-corrected chi connectivity index (χ3v) is 3.18. The number of anilines is 1. The van der Waals surface area contributed by atoms with Crippen LogP contribution in [0.25, 0.3) is 0 Å². The molecule has 5 nitrogen and oxygen atoms in total. The van der Waals surface area contributed by atoms with Gasteiger partial charge in [0.15, 0.2) is 0 Å². The molecule has 0 aliphatic carbocycles. The highest BCUT2D eigenvalue weighted by molar-refractivity contribution is 9.10. The van der Waals surface area contributed by atoms with E-state index in [1.54, 1.807) is 0 Å². The van der Waals surface area contributed by atoms with Crippen LogP contribution < -0.4 is 10.6 Å². The maximum Gasteiger partial charge on any atom is 0.326 e. The summed E-state index contributed by atoms with van der Waals surface area (Å²) in [6.45, 7) is 3.72. The van der Waals surface area contributed by atoms with Crippen LogP contribution in [0.15, 0.2) is 22.7 Å². The minimum atomic E-state index is -1.10. The zero-order chi connectivity index (χ0) is 15.3. The number of amides is 2. The summed E-state index contributed by atoms with van der Waals surface area (Å²) in [5.41, 5.74) is 0.233. The van der Waals surface area contributed by atoms with E-state index in [0.29, 0.717) is 10.9 Å². The molecule has 0 spiro atoms. The lowest BCUT2D eigenvalue weighted by atomic mass is 10.0. The van der Waals surface area contributed by atoms with Crippen molar-refractivity contribution in [3.05, 3.63) is 28.5 Å². The molecule has 0 saturated carbocycles. The Kier molecular flexibility index (Phi) is 5.94. The van der Waals surface area contributed by atoms with Crippen LogP contribution in [0, 0.1) is 11.7 Å². The van der Waals surface area contributed by atoms with Gasteiger partial charge in [0, 0.05) is 4.47 Å². The van der Waals surface area contributed by atoms with Crippen LogP contribution in [0.5, 0.6) is 0 Å². The highest BCUT2D eigenvalue weighted by atomic mass is 79.9. The van der Waals surface area contributed by atoms with E-state index >= 15 is 0 Å². The van der Waals surface area contributed by atoms with Crippen molar-refractivity contribution < 1.29 is 19.1 Å². The molecule has 1 rings (SSSR count). The number of nitrogens with one attached hydrogen (secondary N) is 2. The van der Waals surface area contributed by atoms with Gasteiger partial charge in [0.2, 0.25) is 0 Å². The fourth-order valence-electron chi connectivity index (χ4n) is 1.60. The van der Waals surface area contributed by atoms with Gasteiger partial charge in [-0.1, -0.05) is 13.8 Å². The summed E-state index contributed by atoms with van der Waals surface area (Å²) in [6.07, 6.45) is 0.313. The number of carbonyl (C=O) groups is 2. The molecule has 0 unspecified atom stereocenters. The number of aliphatic carboxylic acids is 1. The minimum Gasteiger partial charge on any atom is -0.480 e. The second kappa shape index (κ2) is 7.23. The second-order valence-corrected chi connectivity index (χ2v) is 5.60. The Bertz CT molecular complexity index is 508. The van der Waals surface area contributed by atoms with E-state index in [0.717, 1.165) is 6.07 Å². The lowest BCUT2D eigenvalue weighted by Crippen LogP contribution is -2.43. The minimum absolute atomic E-state index is 0.123. The maximum atomic E-state index is 13.1. The monoisotopic (exact) mass is 346 g/mol. The van der Waals surface area contributed by atoms with E-state index in [-0.39, 0.29) is 11.6 Å². The summed E-state index contributed by atoms with van der Waals surface area (Å²) < 4.78 is 13.6. The number of carbonyl (C=O) groups excluding carboxylic acids is 1. The molecule has 7 heteroatoms. The number of rotatable bonds is 5. The van der Waals surface area contributed by atoms with Gasteiger partial charge in [0.25, 0.3) is 0 Å². The standard InChI is InChI=1S/C13H16BrFN2O3/c1-7(2)5-11(12(18)19)17-13(20)16-10-6-8(15)3-4-9(10)14/h3-4,6-7,11H,5H2,1-2H3,(H,18,19)(H2,16,17,20)/t11-/m0/s1. The van der Waals surface area contributed by atoms with Gasteiger partial charge < -0.3 is 15.7 Å². The van der Waals surface area contributed by atoms with Gasteiger partial charge in [-0.25, -0.2) is 14.0 Å². The molecular formula is C13H16BrFN2O3. The lowest BCUT2D eigenvalue weighted by Gasteiger charge is -2.17. The third kappa shape index (κ3) is 5.16. The number of benzene rings is 1. The molecule has 20 heavy (non-hydrogen) atoms. The zero-order valence-electron chi connectivity index (χ0n) is 11.1. The number of halogens is 2. The Morgan fingerprint density at radius 2 is 2.05 bits per heavy atom. The smallest absolute Gasteiger partial charge is 0.326 e. The van der Waals surface area contributed by atoms with Crippen molar-refractivity contribution in [2.24, 2.45) is 5.92 Å². The van der Waals surface area contributed by atoms with Gasteiger partial charge >= 0.3 is 12.0 Å². The predicted molar refractivity (Wildman–Crippen MR) is 77.1 cm³/mol. The van der Waals surface area contributed by atoms with Crippen molar-refractivity contribution in [1.29, 1.82) is 0 Å². The first kappa shape index (κ1) is 16.4. The van der Waals surface area contributed by atoms with Crippen LogP contribution >= 0.6 is 15.9 Å². The average Bonchev–Trinajstić information content (AvgIpc) is 2.32. The normalized spacial score (nSPS) is 12.1. The fourth-order valence-corrected chi connectivity index (χ4v) is 1.95. The first-order chi connectivity index (χ1) is 9.29. The molecule has 0 aliphatic rings. The topological polar surface area (TPSA) is 78.4 Å². The molecule has 110 valence electrons. The Balaban J connectivity index is 2.70. The van der Waals surface area contributed by atoms with Crippen molar-refractivity contribution in [2.45, 2.75) is 26.3 Å². The Morgan fingerprint density at radius 3 is 2.60 bits per heavy atom. The van der Waals surface area contributed by atoms with E-state index < -0.39 is 23.9 Å². The number of carboxylic acid groups (broad SMARTS) is 1. The highest BCUT2D eigenvalue weighted by Gasteiger charge is 2.21. The van der Waals surface area contributed by atoms with Crippen molar-refractivity contribution in [2.75, 3.05) is 5.32 Å². The molecule has 3 N–H and O–H groups in total. The number of hydrogen-bond donors (Lipinski definition) is 3. The fraction of sp³-hybridized carbons (Fsp3) is 0.385. The Labute approximate surface area is 124 Å². The third-order valence-electron chi connectivity index (χ3n) is 2.49. The van der Waals surface area contributed by atoms with E-state index in [1.807, 2.05) is 13.8 Å². The number of urea groups is 1. The number of hydrogen-bond acceptors (Lipinski definition) is 2. The largest absolute Gasteiger partial charge is 0.480 e. The maximum absolute atomic E-state index is 13.1. The summed E-state index contributed by atoms with van der Waals surface area (Å²) in [7, 11) is 0. The summed E-state index contributed by atoms with van der Waals surface area (Å²) in [4.78, 5) is 22.8. The summed E-state index contributed by atoms with van der Waals surface area (Å²) in [5, 5.41) is 13.8. The summed E-state index contributed by atoms with van der Waals surface area (Å²) >= 11 is 3.17. The quantitative estimate of drug-likeness (QED) is 0.765. The van der Waals surface area contributed by atoms with Crippen LogP contribution in [-0.4, -0.2) is 23.1 Å². The molecule has 0 aromatic heterocycles. The molecule has 0 fully saturated rings. The predicted octanol–water partition coefficient (Wildman–Crippen LogP) is 3.21. The van der Waals surface area contributed by atoms with Gasteiger partial charge in [0.1, 0.15) is 11.9 Å². The molecule has 0 saturated heterocycles. The molecular weight excluding hydrogens is 331 g/mol. The molecule has 1 aromatic carbocycles. The van der Waals surface area contributed by atoms with Gasteiger partial charge in [-0.15, -0.1) is 0 Å². The van der Waals surface area contributed by atoms with Crippen molar-refractivity contribution >= 4 is 33.6 Å². The van der Waals surface area contributed by atoms with Crippen LogP contribution in [0.2, 0.25) is 0 Å². The second-order valence-electron chi connectivity index (χ2n) is 4.74. The molecule has 0 aliphatic heterocycles. The van der Waals surface area contributed by atoms with E-state index in [9.17, 15) is 14.0 Å². The summed E-state index contributed by atoms with van der Waals surface area (Å²) in [5.74, 6) is -1.48. The van der Waals surface area contributed by atoms with Crippen LogP contribution in [0.1, 0.15) is 20.3 Å². The summed E-state index contributed by atoms with van der Waals surface area (Å²) in [6, 6.07) is 2.16. The first-order valence-electron chi connectivity index (χ1n) is 6.05. The lowest BCUT2D eigenvalue weighted by molar-refractivity contribution is -0.139. The van der Waals surface area contributed by atoms with Gasteiger partial charge in [-0.3, -0.25) is 0 Å². The molecule has 1 atom stereocenters. The van der Waals surface area contributed by atoms with Gasteiger partial charge in [0.05, 0.1) is 5.69 Å². The Morgan fingerprint density at radius 1 is 1.40 bits per heavy atom. The molecule has 0 heterocycles. The van der Waals surface area contributed by atoms with E-state index in [2.05, 4.69) is 26.6 Å². The van der Waals surface area contributed by atoms with Gasteiger partial charge in [-0.05, 0) is 46.5 Å². The van der Waals surface area contributed by atoms with Gasteiger partial charge in [-0.2, -0.15) is 0 Å². The van der Waals surface area contributed by atoms with Crippen LogP contribution in [-0.2, 0) is 4.79 Å². The first-order valence-corrected chi connectivity index (χ1v) is 6.84. The molecule has 1 aromatic rings. The Hall–Kier alpha value is -1.63. The van der Waals surface area contributed by atoms with Crippen molar-refractivity contribution in [3.8, 4) is 0 Å². The zero-order valence-corrected chi connectivity index (χ0v) is 12.7. The van der Waals surface area contributed by atoms with Crippen molar-refractivity contribution in [3.63, 3.8) is 0 Å². The van der Waals surface area contributed by atoms with Crippen molar-refractivity contribution in [1.82, 2.24) is 5.32 Å². The van der Waals surface area contributed by atoms with E-state index in [1.165, 1.54) is 12.1 Å². The number of carboxylic acids is 1. The molecule has 2 amide bonds. The molecule has 0 radical (unpaired) electrons.